The van der Waals surface area contributed by atoms with E-state index in [1.54, 1.807) is 0 Å². The highest BCUT2D eigenvalue weighted by Gasteiger charge is 2.38. The van der Waals surface area contributed by atoms with Crippen molar-refractivity contribution in [3.8, 4) is 5.88 Å². The minimum absolute atomic E-state index is 0.157. The Kier molecular flexibility index (Phi) is 2.85. The van der Waals surface area contributed by atoms with Gasteiger partial charge in [-0.1, -0.05) is 6.92 Å². The molecule has 1 aliphatic rings. The van der Waals surface area contributed by atoms with Crippen molar-refractivity contribution in [2.45, 2.75) is 38.6 Å². The zero-order chi connectivity index (χ0) is 11.6. The third-order valence-corrected chi connectivity index (χ3v) is 2.71. The number of ether oxygens (including phenoxy) is 1. The lowest BCUT2D eigenvalue weighted by Crippen LogP contribution is -2.18. The zero-order valence-electron chi connectivity index (χ0n) is 9.79. The summed E-state index contributed by atoms with van der Waals surface area (Å²) in [6, 6.07) is 0. The smallest absolute Gasteiger partial charge is 0.242 e. The van der Waals surface area contributed by atoms with Gasteiger partial charge in [-0.05, 0) is 26.2 Å². The highest BCUT2D eigenvalue weighted by molar-refractivity contribution is 5.67. The van der Waals surface area contributed by atoms with Gasteiger partial charge in [0.15, 0.2) is 5.82 Å². The first kappa shape index (κ1) is 11.0. The van der Waals surface area contributed by atoms with Crippen LogP contribution in [0.1, 0.15) is 33.1 Å². The molecule has 88 valence electrons. The number of nitrogen functional groups attached to an aromatic ring is 1. The molecule has 0 amide bonds. The maximum Gasteiger partial charge on any atom is 0.242 e. The van der Waals surface area contributed by atoms with Gasteiger partial charge in [-0.3, -0.25) is 0 Å². The number of hydrogen-bond donors (Lipinski definition) is 2. The highest BCUT2D eigenvalue weighted by atomic mass is 16.5. The molecular weight excluding hydrogens is 204 g/mol. The Morgan fingerprint density at radius 2 is 2.25 bits per heavy atom. The van der Waals surface area contributed by atoms with E-state index in [-0.39, 0.29) is 5.54 Å². The summed E-state index contributed by atoms with van der Waals surface area (Å²) >= 11 is 0. The molecule has 16 heavy (non-hydrogen) atoms. The van der Waals surface area contributed by atoms with E-state index in [1.807, 2.05) is 6.92 Å². The van der Waals surface area contributed by atoms with Crippen LogP contribution in [0.4, 0.5) is 11.5 Å². The summed E-state index contributed by atoms with van der Waals surface area (Å²) in [5.74, 6) is 1.16. The van der Waals surface area contributed by atoms with Crippen molar-refractivity contribution >= 4 is 11.5 Å². The molecule has 0 saturated heterocycles. The largest absolute Gasteiger partial charge is 0.476 e. The molecule has 3 N–H and O–H groups in total. The average Bonchev–Trinajstić information content (AvgIpc) is 2.98. The van der Waals surface area contributed by atoms with Gasteiger partial charge in [0.2, 0.25) is 5.88 Å². The van der Waals surface area contributed by atoms with Crippen LogP contribution in [0.2, 0.25) is 0 Å². The fourth-order valence-electron chi connectivity index (χ4n) is 1.39. The Morgan fingerprint density at radius 3 is 2.88 bits per heavy atom. The highest BCUT2D eigenvalue weighted by Crippen LogP contribution is 2.39. The van der Waals surface area contributed by atoms with Crippen molar-refractivity contribution in [3.05, 3.63) is 6.33 Å². The summed E-state index contributed by atoms with van der Waals surface area (Å²) in [6.07, 6.45) is 4.72. The van der Waals surface area contributed by atoms with Crippen molar-refractivity contribution in [3.63, 3.8) is 0 Å². The molecule has 1 aromatic rings. The van der Waals surface area contributed by atoms with E-state index in [0.717, 1.165) is 19.3 Å². The number of nitrogens with two attached hydrogens (primary N) is 1. The van der Waals surface area contributed by atoms with E-state index in [0.29, 0.717) is 24.0 Å². The van der Waals surface area contributed by atoms with E-state index in [1.165, 1.54) is 6.33 Å². The third-order valence-electron chi connectivity index (χ3n) is 2.71. The van der Waals surface area contributed by atoms with Gasteiger partial charge in [-0.25, -0.2) is 4.98 Å². The quantitative estimate of drug-likeness (QED) is 0.795. The van der Waals surface area contributed by atoms with Gasteiger partial charge in [0.25, 0.3) is 0 Å². The fourth-order valence-corrected chi connectivity index (χ4v) is 1.39. The van der Waals surface area contributed by atoms with Crippen LogP contribution in [0, 0.1) is 0 Å². The summed E-state index contributed by atoms with van der Waals surface area (Å²) in [5, 5.41) is 3.32. The normalized spacial score (nSPS) is 16.9. The Balaban J connectivity index is 2.12. The first-order valence-electron chi connectivity index (χ1n) is 5.66. The molecule has 1 heterocycles. The summed E-state index contributed by atoms with van der Waals surface area (Å²) in [6.45, 7) is 4.82. The van der Waals surface area contributed by atoms with Gasteiger partial charge < -0.3 is 15.8 Å². The minimum atomic E-state index is 0.157. The topological polar surface area (TPSA) is 73.1 Å². The number of aromatic nitrogens is 2. The van der Waals surface area contributed by atoms with Crippen molar-refractivity contribution in [1.82, 2.24) is 9.97 Å². The standard InChI is InChI=1S/C11H18N4O/c1-3-6-16-10-8(12)9(13-7-14-10)15-11(2)4-5-11/h7H,3-6,12H2,1-2H3,(H,13,14,15). The number of nitrogens with one attached hydrogen (secondary N) is 1. The van der Waals surface area contributed by atoms with Crippen LogP contribution >= 0.6 is 0 Å². The van der Waals surface area contributed by atoms with E-state index in [9.17, 15) is 0 Å². The lowest BCUT2D eigenvalue weighted by molar-refractivity contribution is 0.306. The second-order valence-corrected chi connectivity index (χ2v) is 4.48. The molecule has 0 atom stereocenters. The summed E-state index contributed by atoms with van der Waals surface area (Å²) in [5.41, 5.74) is 6.61. The molecule has 1 aromatic heterocycles. The number of hydrogen-bond acceptors (Lipinski definition) is 5. The second kappa shape index (κ2) is 4.15. The molecule has 0 aliphatic heterocycles. The first-order valence-corrected chi connectivity index (χ1v) is 5.66. The lowest BCUT2D eigenvalue weighted by atomic mass is 10.3. The molecule has 0 unspecified atom stereocenters. The second-order valence-electron chi connectivity index (χ2n) is 4.48. The van der Waals surface area contributed by atoms with Crippen molar-refractivity contribution < 1.29 is 4.74 Å². The van der Waals surface area contributed by atoms with Crippen LogP contribution in [0.3, 0.4) is 0 Å². The monoisotopic (exact) mass is 222 g/mol. The van der Waals surface area contributed by atoms with E-state index < -0.39 is 0 Å². The Morgan fingerprint density at radius 1 is 1.50 bits per heavy atom. The van der Waals surface area contributed by atoms with E-state index >= 15 is 0 Å². The van der Waals surface area contributed by atoms with Crippen LogP contribution in [0.25, 0.3) is 0 Å². The summed E-state index contributed by atoms with van der Waals surface area (Å²) < 4.78 is 5.45. The van der Waals surface area contributed by atoms with E-state index in [2.05, 4.69) is 22.2 Å². The van der Waals surface area contributed by atoms with Crippen LogP contribution in [-0.2, 0) is 0 Å². The Labute approximate surface area is 95.4 Å². The van der Waals surface area contributed by atoms with Crippen LogP contribution in [0.5, 0.6) is 5.88 Å². The molecule has 2 rings (SSSR count). The maximum absolute atomic E-state index is 5.95. The number of rotatable bonds is 5. The lowest BCUT2D eigenvalue weighted by Gasteiger charge is -2.15. The Bertz CT molecular complexity index is 376. The van der Waals surface area contributed by atoms with Gasteiger partial charge in [-0.2, -0.15) is 4.98 Å². The zero-order valence-corrected chi connectivity index (χ0v) is 9.79. The predicted molar refractivity (Wildman–Crippen MR) is 63.5 cm³/mol. The molecule has 0 bridgehead atoms. The van der Waals surface area contributed by atoms with Crippen LogP contribution < -0.4 is 15.8 Å². The molecular formula is C11H18N4O. The van der Waals surface area contributed by atoms with Crippen LogP contribution in [0.15, 0.2) is 6.33 Å². The van der Waals surface area contributed by atoms with Gasteiger partial charge >= 0.3 is 0 Å². The Hall–Kier alpha value is -1.52. The molecule has 1 aliphatic carbocycles. The molecule has 5 heteroatoms. The number of anilines is 2. The molecule has 0 aromatic carbocycles. The van der Waals surface area contributed by atoms with Gasteiger partial charge in [0, 0.05) is 5.54 Å². The van der Waals surface area contributed by atoms with Gasteiger partial charge in [0.05, 0.1) is 6.61 Å². The maximum atomic E-state index is 5.95. The minimum Gasteiger partial charge on any atom is -0.476 e. The summed E-state index contributed by atoms with van der Waals surface area (Å²) in [4.78, 5) is 8.17. The first-order chi connectivity index (χ1) is 7.64. The molecule has 1 saturated carbocycles. The predicted octanol–water partition coefficient (Wildman–Crippen LogP) is 1.81. The number of nitrogens with zero attached hydrogens (tertiary/aromatic N) is 2. The van der Waals surface area contributed by atoms with Gasteiger partial charge in [0.1, 0.15) is 12.0 Å². The van der Waals surface area contributed by atoms with Gasteiger partial charge in [-0.15, -0.1) is 0 Å². The van der Waals surface area contributed by atoms with Crippen LogP contribution in [-0.4, -0.2) is 22.1 Å². The molecule has 0 spiro atoms. The average molecular weight is 222 g/mol. The van der Waals surface area contributed by atoms with Crippen molar-refractivity contribution in [2.75, 3.05) is 17.7 Å². The van der Waals surface area contributed by atoms with Crippen molar-refractivity contribution in [2.24, 2.45) is 0 Å². The molecule has 1 fully saturated rings. The molecule has 0 radical (unpaired) electrons. The SMILES string of the molecule is CCCOc1ncnc(NC2(C)CC2)c1N. The summed E-state index contributed by atoms with van der Waals surface area (Å²) in [7, 11) is 0. The molecule has 5 nitrogen and oxygen atoms in total. The van der Waals surface area contributed by atoms with Crippen molar-refractivity contribution in [1.29, 1.82) is 0 Å². The van der Waals surface area contributed by atoms with E-state index in [4.69, 9.17) is 10.5 Å². The fraction of sp³-hybridized carbons (Fsp3) is 0.636. The third kappa shape index (κ3) is 2.35.